The third kappa shape index (κ3) is 7.92. The first-order valence-electron chi connectivity index (χ1n) is 12.9. The summed E-state index contributed by atoms with van der Waals surface area (Å²) in [6.07, 6.45) is 8.08. The van der Waals surface area contributed by atoms with Crippen LogP contribution in [0.5, 0.6) is 23.0 Å². The average molecular weight is 575 g/mol. The van der Waals surface area contributed by atoms with E-state index in [4.69, 9.17) is 18.9 Å². The van der Waals surface area contributed by atoms with Crippen molar-refractivity contribution in [3.8, 4) is 23.0 Å². The minimum absolute atomic E-state index is 0.181. The number of methoxy groups -OCH3 is 4. The molecule has 0 amide bonds. The van der Waals surface area contributed by atoms with Crippen molar-refractivity contribution in [1.82, 2.24) is 0 Å². The molecule has 2 unspecified atom stereocenters. The number of hydrogen-bond donors (Lipinski definition) is 0. The van der Waals surface area contributed by atoms with Gasteiger partial charge in [0.1, 0.15) is 34.6 Å². The number of ether oxygens (including phenoxy) is 4. The minimum Gasteiger partial charge on any atom is -0.497 e. The van der Waals surface area contributed by atoms with Gasteiger partial charge >= 0.3 is 0 Å². The molecule has 4 aromatic rings. The van der Waals surface area contributed by atoms with Gasteiger partial charge in [0.2, 0.25) is 0 Å². The molecule has 0 heterocycles. The van der Waals surface area contributed by atoms with Gasteiger partial charge in [0.25, 0.3) is 0 Å². The highest BCUT2D eigenvalue weighted by molar-refractivity contribution is 8.00. The van der Waals surface area contributed by atoms with Crippen LogP contribution in [0.1, 0.15) is 32.8 Å². The second kappa shape index (κ2) is 14.4. The summed E-state index contributed by atoms with van der Waals surface area (Å²) < 4.78 is 49.5. The highest BCUT2D eigenvalue weighted by Gasteiger charge is 2.18. The summed E-state index contributed by atoms with van der Waals surface area (Å²) in [7, 11) is 6.44. The van der Waals surface area contributed by atoms with Gasteiger partial charge in [0, 0.05) is 33.8 Å². The smallest absolute Gasteiger partial charge is 0.129 e. The van der Waals surface area contributed by atoms with E-state index in [1.807, 2.05) is 48.6 Å². The zero-order valence-corrected chi connectivity index (χ0v) is 24.2. The first-order valence-corrected chi connectivity index (χ1v) is 13.8. The van der Waals surface area contributed by atoms with Crippen molar-refractivity contribution in [3.05, 3.63) is 131 Å². The first kappa shape index (κ1) is 29.7. The van der Waals surface area contributed by atoms with Gasteiger partial charge in [-0.3, -0.25) is 0 Å². The van der Waals surface area contributed by atoms with Gasteiger partial charge in [-0.25, -0.2) is 8.78 Å². The number of benzene rings is 4. The number of halogens is 2. The van der Waals surface area contributed by atoms with E-state index < -0.39 is 0 Å². The molecule has 0 saturated carbocycles. The highest BCUT2D eigenvalue weighted by atomic mass is 32.2. The predicted molar refractivity (Wildman–Crippen MR) is 163 cm³/mol. The van der Waals surface area contributed by atoms with Crippen molar-refractivity contribution >= 4 is 23.9 Å². The van der Waals surface area contributed by atoms with Crippen LogP contribution in [-0.2, 0) is 0 Å². The quantitative estimate of drug-likeness (QED) is 0.169. The third-order valence-corrected chi connectivity index (χ3v) is 7.92. The molecule has 0 aliphatic heterocycles. The highest BCUT2D eigenvalue weighted by Crippen LogP contribution is 2.44. The van der Waals surface area contributed by atoms with E-state index in [-0.39, 0.29) is 22.1 Å². The van der Waals surface area contributed by atoms with E-state index in [0.29, 0.717) is 23.0 Å². The molecule has 2 atom stereocenters. The van der Waals surface area contributed by atoms with E-state index in [0.717, 1.165) is 22.3 Å². The zero-order valence-electron chi connectivity index (χ0n) is 23.3. The van der Waals surface area contributed by atoms with E-state index in [2.05, 4.69) is 12.2 Å². The molecule has 0 spiro atoms. The fourth-order valence-corrected chi connectivity index (χ4v) is 5.51. The van der Waals surface area contributed by atoms with Crippen LogP contribution in [0.4, 0.5) is 8.78 Å². The van der Waals surface area contributed by atoms with Crippen LogP contribution in [0, 0.1) is 11.6 Å². The second-order valence-electron chi connectivity index (χ2n) is 9.01. The van der Waals surface area contributed by atoms with Crippen LogP contribution in [0.25, 0.3) is 12.2 Å². The molecule has 0 aliphatic carbocycles. The largest absolute Gasteiger partial charge is 0.497 e. The monoisotopic (exact) mass is 574 g/mol. The molecular weight excluding hydrogens is 542 g/mol. The van der Waals surface area contributed by atoms with Crippen LogP contribution in [0.2, 0.25) is 0 Å². The molecule has 7 heteroatoms. The Hall–Kier alpha value is -4.23. The van der Waals surface area contributed by atoms with Crippen LogP contribution < -0.4 is 18.9 Å². The summed E-state index contributed by atoms with van der Waals surface area (Å²) in [5, 5.41) is -0.361. The molecule has 0 fully saturated rings. The van der Waals surface area contributed by atoms with Gasteiger partial charge in [0.15, 0.2) is 0 Å². The Morgan fingerprint density at radius 1 is 0.537 bits per heavy atom. The second-order valence-corrected chi connectivity index (χ2v) is 10.3. The molecule has 0 aliphatic rings. The average Bonchev–Trinajstić information content (AvgIpc) is 3.01. The van der Waals surface area contributed by atoms with Crippen LogP contribution in [-0.4, -0.2) is 28.4 Å². The van der Waals surface area contributed by atoms with E-state index >= 15 is 0 Å². The summed E-state index contributed by atoms with van der Waals surface area (Å²) in [5.41, 5.74) is 3.58. The molecule has 0 N–H and O–H groups in total. The fraction of sp³-hybridized carbons (Fsp3) is 0.176. The fourth-order valence-electron chi connectivity index (χ4n) is 4.23. The lowest BCUT2D eigenvalue weighted by Gasteiger charge is -2.20. The lowest BCUT2D eigenvalue weighted by atomic mass is 10.1. The maximum Gasteiger partial charge on any atom is 0.129 e. The minimum atomic E-state index is -0.306. The van der Waals surface area contributed by atoms with E-state index in [1.165, 1.54) is 24.3 Å². The SMILES string of the molecule is COc1ccc(C=CC(SC(/C=C\c2ccc(OC)cc2OC)c2ccc(F)cc2)c2ccc(F)cc2)c(OC)c1. The molecule has 0 saturated heterocycles. The molecular formula is C34H32F2O4S. The van der Waals surface area contributed by atoms with Gasteiger partial charge in [0.05, 0.1) is 28.4 Å². The molecule has 41 heavy (non-hydrogen) atoms. The van der Waals surface area contributed by atoms with Crippen LogP contribution in [0.15, 0.2) is 97.1 Å². The summed E-state index contributed by atoms with van der Waals surface area (Å²) in [4.78, 5) is 0. The molecule has 0 radical (unpaired) electrons. The number of rotatable bonds is 12. The van der Waals surface area contributed by atoms with Crippen molar-refractivity contribution in [2.24, 2.45) is 0 Å². The van der Waals surface area contributed by atoms with Gasteiger partial charge in [-0.2, -0.15) is 0 Å². The Kier molecular flexibility index (Phi) is 10.5. The van der Waals surface area contributed by atoms with Crippen molar-refractivity contribution in [2.75, 3.05) is 28.4 Å². The predicted octanol–water partition coefficient (Wildman–Crippen LogP) is 8.94. The van der Waals surface area contributed by atoms with Gasteiger partial charge in [-0.05, 0) is 59.7 Å². The molecule has 212 valence electrons. The number of thioether (sulfide) groups is 1. The molecule has 4 nitrogen and oxygen atoms in total. The Morgan fingerprint density at radius 2 is 0.927 bits per heavy atom. The summed E-state index contributed by atoms with van der Waals surface area (Å²) in [6, 6.07) is 24.2. The topological polar surface area (TPSA) is 36.9 Å². The maximum atomic E-state index is 13.8. The number of hydrogen-bond acceptors (Lipinski definition) is 5. The lowest BCUT2D eigenvalue weighted by molar-refractivity contribution is 0.393. The van der Waals surface area contributed by atoms with Crippen molar-refractivity contribution in [1.29, 1.82) is 0 Å². The Labute approximate surface area is 244 Å². The Balaban J connectivity index is 1.73. The normalized spacial score (nSPS) is 12.8. The standard InChI is InChI=1S/C34H32F2O4S/c1-37-29-17-9-23(31(21-29)39-3)11-19-33(25-5-13-27(35)14-6-25)41-34(26-7-15-28(36)16-8-26)20-12-24-10-18-30(38-2)22-32(24)40-4/h5-22,33-34H,1-4H3/b19-11-,20-12?. The molecule has 0 bridgehead atoms. The van der Waals surface area contributed by atoms with E-state index in [1.54, 1.807) is 64.5 Å². The molecule has 4 aromatic carbocycles. The van der Waals surface area contributed by atoms with Gasteiger partial charge in [-0.15, -0.1) is 11.8 Å². The van der Waals surface area contributed by atoms with E-state index in [9.17, 15) is 8.78 Å². The van der Waals surface area contributed by atoms with Crippen molar-refractivity contribution in [3.63, 3.8) is 0 Å². The first-order chi connectivity index (χ1) is 19.9. The van der Waals surface area contributed by atoms with Crippen molar-refractivity contribution in [2.45, 2.75) is 10.5 Å². The summed E-state index contributed by atoms with van der Waals surface area (Å²) in [5.74, 6) is 2.12. The lowest BCUT2D eigenvalue weighted by Crippen LogP contribution is -1.98. The van der Waals surface area contributed by atoms with Crippen molar-refractivity contribution < 1.29 is 27.7 Å². The third-order valence-electron chi connectivity index (χ3n) is 6.47. The Bertz CT molecular complexity index is 1370. The summed E-state index contributed by atoms with van der Waals surface area (Å²) in [6.45, 7) is 0. The van der Waals surface area contributed by atoms with Crippen LogP contribution >= 0.6 is 11.8 Å². The van der Waals surface area contributed by atoms with Crippen LogP contribution in [0.3, 0.4) is 0 Å². The zero-order chi connectivity index (χ0) is 29.2. The maximum absolute atomic E-state index is 13.8. The summed E-state index contributed by atoms with van der Waals surface area (Å²) >= 11 is 1.64. The van der Waals surface area contributed by atoms with Gasteiger partial charge in [-0.1, -0.05) is 48.6 Å². The van der Waals surface area contributed by atoms with Gasteiger partial charge < -0.3 is 18.9 Å². The molecule has 4 rings (SSSR count). The molecule has 0 aromatic heterocycles. The Morgan fingerprint density at radius 3 is 1.27 bits per heavy atom.